The number of oxazole rings is 1. The molecular weight excluding hydrogens is 336 g/mol. The number of methoxy groups -OCH3 is 1. The van der Waals surface area contributed by atoms with Crippen molar-refractivity contribution in [1.29, 1.82) is 0 Å². The van der Waals surface area contributed by atoms with Gasteiger partial charge < -0.3 is 19.8 Å². The van der Waals surface area contributed by atoms with Gasteiger partial charge in [0.25, 0.3) is 0 Å². The van der Waals surface area contributed by atoms with Crippen molar-refractivity contribution in [3.05, 3.63) is 60.9 Å². The van der Waals surface area contributed by atoms with E-state index >= 15 is 0 Å². The predicted octanol–water partition coefficient (Wildman–Crippen LogP) is 2.00. The number of carbonyl (C=O) groups excluding carboxylic acids is 2. The lowest BCUT2D eigenvalue weighted by molar-refractivity contribution is -0.136. The van der Waals surface area contributed by atoms with E-state index in [1.165, 1.54) is 13.5 Å². The van der Waals surface area contributed by atoms with Crippen LogP contribution in [0.15, 0.2) is 59.7 Å². The normalized spacial score (nSPS) is 10.2. The zero-order valence-corrected chi connectivity index (χ0v) is 13.9. The number of amides is 2. The summed E-state index contributed by atoms with van der Waals surface area (Å²) in [7, 11) is 1.50. The number of rotatable bonds is 5. The van der Waals surface area contributed by atoms with Crippen LogP contribution >= 0.6 is 0 Å². The average Bonchev–Trinajstić information content (AvgIpc) is 3.21. The fraction of sp³-hybridized carbons (Fsp3) is 0.111. The summed E-state index contributed by atoms with van der Waals surface area (Å²) in [4.78, 5) is 31.7. The zero-order valence-electron chi connectivity index (χ0n) is 13.9. The molecule has 0 bridgehead atoms. The quantitative estimate of drug-likeness (QED) is 0.680. The average molecular weight is 352 g/mol. The van der Waals surface area contributed by atoms with Gasteiger partial charge >= 0.3 is 11.8 Å². The molecule has 2 N–H and O–H groups in total. The SMILES string of the molecule is COc1cc(NC(=O)C(=O)NCc2ccncc2)ccc1-c1cnco1. The molecule has 0 aliphatic rings. The minimum absolute atomic E-state index is 0.239. The first-order valence-electron chi connectivity index (χ1n) is 7.72. The van der Waals surface area contributed by atoms with Gasteiger partial charge in [-0.3, -0.25) is 14.6 Å². The number of anilines is 1. The summed E-state index contributed by atoms with van der Waals surface area (Å²) >= 11 is 0. The molecule has 0 aliphatic heterocycles. The highest BCUT2D eigenvalue weighted by molar-refractivity contribution is 6.39. The molecule has 0 fully saturated rings. The Morgan fingerprint density at radius 1 is 1.12 bits per heavy atom. The van der Waals surface area contributed by atoms with Gasteiger partial charge in [0.2, 0.25) is 0 Å². The lowest BCUT2D eigenvalue weighted by Gasteiger charge is -2.10. The third-order valence-corrected chi connectivity index (χ3v) is 3.57. The smallest absolute Gasteiger partial charge is 0.313 e. The zero-order chi connectivity index (χ0) is 18.4. The minimum Gasteiger partial charge on any atom is -0.496 e. The van der Waals surface area contributed by atoms with E-state index < -0.39 is 11.8 Å². The molecule has 2 amide bonds. The highest BCUT2D eigenvalue weighted by Crippen LogP contribution is 2.32. The third kappa shape index (κ3) is 4.04. The number of hydrogen-bond donors (Lipinski definition) is 2. The molecule has 1 aromatic carbocycles. The maximum absolute atomic E-state index is 12.0. The molecular formula is C18H16N4O4. The Hall–Kier alpha value is -3.68. The van der Waals surface area contributed by atoms with Crippen molar-refractivity contribution in [3.63, 3.8) is 0 Å². The van der Waals surface area contributed by atoms with Gasteiger partial charge in [-0.15, -0.1) is 0 Å². The van der Waals surface area contributed by atoms with E-state index in [0.717, 1.165) is 5.56 Å². The standard InChI is InChI=1S/C18H16N4O4/c1-25-15-8-13(2-3-14(15)16-10-20-11-26-16)22-18(24)17(23)21-9-12-4-6-19-7-5-12/h2-8,10-11H,9H2,1H3,(H,21,23)(H,22,24). The van der Waals surface area contributed by atoms with Crippen LogP contribution < -0.4 is 15.4 Å². The van der Waals surface area contributed by atoms with Gasteiger partial charge in [-0.2, -0.15) is 0 Å². The van der Waals surface area contributed by atoms with Crippen molar-refractivity contribution in [3.8, 4) is 17.1 Å². The highest BCUT2D eigenvalue weighted by atomic mass is 16.5. The fourth-order valence-corrected chi connectivity index (χ4v) is 2.27. The molecule has 0 saturated carbocycles. The molecule has 26 heavy (non-hydrogen) atoms. The molecule has 3 aromatic rings. The molecule has 0 saturated heterocycles. The van der Waals surface area contributed by atoms with Gasteiger partial charge in [-0.1, -0.05) is 0 Å². The number of aromatic nitrogens is 2. The molecule has 0 spiro atoms. The first-order chi connectivity index (χ1) is 12.7. The van der Waals surface area contributed by atoms with Crippen LogP contribution in [0.2, 0.25) is 0 Å². The summed E-state index contributed by atoms with van der Waals surface area (Å²) in [5.41, 5.74) is 1.96. The Balaban J connectivity index is 1.64. The number of nitrogens with zero attached hydrogens (tertiary/aromatic N) is 2. The Morgan fingerprint density at radius 3 is 2.62 bits per heavy atom. The molecule has 0 radical (unpaired) electrons. The topological polar surface area (TPSA) is 106 Å². The van der Waals surface area contributed by atoms with Crippen molar-refractivity contribution >= 4 is 17.5 Å². The van der Waals surface area contributed by atoms with Gasteiger partial charge in [0.15, 0.2) is 12.2 Å². The van der Waals surface area contributed by atoms with E-state index in [1.54, 1.807) is 48.9 Å². The Labute approximate surface area is 149 Å². The van der Waals surface area contributed by atoms with Gasteiger partial charge in [0, 0.05) is 30.7 Å². The molecule has 0 atom stereocenters. The molecule has 132 valence electrons. The molecule has 2 aromatic heterocycles. The second-order valence-corrected chi connectivity index (χ2v) is 5.27. The number of nitrogens with one attached hydrogen (secondary N) is 2. The second kappa shape index (κ2) is 7.93. The van der Waals surface area contributed by atoms with Crippen molar-refractivity contribution in [1.82, 2.24) is 15.3 Å². The van der Waals surface area contributed by atoms with Crippen molar-refractivity contribution in [2.24, 2.45) is 0 Å². The van der Waals surface area contributed by atoms with Gasteiger partial charge in [-0.25, -0.2) is 4.98 Å². The summed E-state index contributed by atoms with van der Waals surface area (Å²) in [6.45, 7) is 0.239. The summed E-state index contributed by atoms with van der Waals surface area (Å²) in [6.07, 6.45) is 6.11. The number of carbonyl (C=O) groups is 2. The lowest BCUT2D eigenvalue weighted by Crippen LogP contribution is -2.34. The molecule has 2 heterocycles. The molecule has 0 aliphatic carbocycles. The first kappa shape index (κ1) is 17.2. The Bertz CT molecular complexity index is 895. The third-order valence-electron chi connectivity index (χ3n) is 3.57. The minimum atomic E-state index is -0.770. The molecule has 8 nitrogen and oxygen atoms in total. The van der Waals surface area contributed by atoms with Crippen LogP contribution in [0.4, 0.5) is 5.69 Å². The number of benzene rings is 1. The van der Waals surface area contributed by atoms with Crippen LogP contribution in [0.5, 0.6) is 5.75 Å². The Morgan fingerprint density at radius 2 is 1.92 bits per heavy atom. The number of ether oxygens (including phenoxy) is 1. The van der Waals surface area contributed by atoms with Gasteiger partial charge in [-0.05, 0) is 29.8 Å². The van der Waals surface area contributed by atoms with Crippen molar-refractivity contribution in [2.45, 2.75) is 6.54 Å². The largest absolute Gasteiger partial charge is 0.496 e. The van der Waals surface area contributed by atoms with Crippen LogP contribution in [-0.2, 0) is 16.1 Å². The molecule has 0 unspecified atom stereocenters. The van der Waals surface area contributed by atoms with E-state index in [9.17, 15) is 9.59 Å². The number of hydrogen-bond acceptors (Lipinski definition) is 6. The Kier molecular flexibility index (Phi) is 5.23. The van der Waals surface area contributed by atoms with Crippen molar-refractivity contribution in [2.75, 3.05) is 12.4 Å². The van der Waals surface area contributed by atoms with Crippen LogP contribution in [0.25, 0.3) is 11.3 Å². The van der Waals surface area contributed by atoms with E-state index in [0.29, 0.717) is 22.8 Å². The van der Waals surface area contributed by atoms with Crippen LogP contribution in [0.3, 0.4) is 0 Å². The monoisotopic (exact) mass is 352 g/mol. The van der Waals surface area contributed by atoms with E-state index in [1.807, 2.05) is 0 Å². The van der Waals surface area contributed by atoms with Gasteiger partial charge in [0.05, 0.1) is 18.9 Å². The number of pyridine rings is 1. The van der Waals surface area contributed by atoms with Gasteiger partial charge in [0.1, 0.15) is 5.75 Å². The maximum Gasteiger partial charge on any atom is 0.313 e. The van der Waals surface area contributed by atoms with Crippen LogP contribution in [0.1, 0.15) is 5.56 Å². The van der Waals surface area contributed by atoms with E-state index in [-0.39, 0.29) is 6.54 Å². The van der Waals surface area contributed by atoms with Crippen molar-refractivity contribution < 1.29 is 18.7 Å². The lowest BCUT2D eigenvalue weighted by atomic mass is 10.1. The fourth-order valence-electron chi connectivity index (χ4n) is 2.27. The van der Waals surface area contributed by atoms with E-state index in [2.05, 4.69) is 20.6 Å². The molecule has 8 heteroatoms. The molecule has 3 rings (SSSR count). The second-order valence-electron chi connectivity index (χ2n) is 5.27. The summed E-state index contributed by atoms with van der Waals surface area (Å²) < 4.78 is 10.6. The summed E-state index contributed by atoms with van der Waals surface area (Å²) in [6, 6.07) is 8.47. The summed E-state index contributed by atoms with van der Waals surface area (Å²) in [5, 5.41) is 5.08. The highest BCUT2D eigenvalue weighted by Gasteiger charge is 2.15. The predicted molar refractivity (Wildman–Crippen MR) is 93.2 cm³/mol. The maximum atomic E-state index is 12.0. The first-order valence-corrected chi connectivity index (χ1v) is 7.72. The van der Waals surface area contributed by atoms with Crippen LogP contribution in [-0.4, -0.2) is 28.9 Å². The van der Waals surface area contributed by atoms with E-state index in [4.69, 9.17) is 9.15 Å². The summed E-state index contributed by atoms with van der Waals surface area (Å²) in [5.74, 6) is -0.486. The van der Waals surface area contributed by atoms with Crippen LogP contribution in [0, 0.1) is 0 Å².